The van der Waals surface area contributed by atoms with Crippen LogP contribution in [0.25, 0.3) is 16.6 Å². The predicted octanol–water partition coefficient (Wildman–Crippen LogP) is 3.73. The number of carbonyl (C=O) groups excluding carboxylic acids is 2. The molecular weight excluding hydrogens is 374 g/mol. The van der Waals surface area contributed by atoms with Gasteiger partial charge in [-0.25, -0.2) is 14.5 Å². The van der Waals surface area contributed by atoms with E-state index in [1.54, 1.807) is 5.38 Å². The molecule has 0 bridgehead atoms. The van der Waals surface area contributed by atoms with Gasteiger partial charge in [-0.3, -0.25) is 9.59 Å². The first-order chi connectivity index (χ1) is 13.4. The van der Waals surface area contributed by atoms with Gasteiger partial charge in [-0.05, 0) is 38.0 Å². The molecule has 7 nitrogen and oxygen atoms in total. The number of rotatable bonds is 5. The van der Waals surface area contributed by atoms with E-state index in [4.69, 9.17) is 4.98 Å². The lowest BCUT2D eigenvalue weighted by Crippen LogP contribution is -2.14. The number of hydrogen-bond acceptors (Lipinski definition) is 6. The van der Waals surface area contributed by atoms with Gasteiger partial charge in [0.1, 0.15) is 5.69 Å². The summed E-state index contributed by atoms with van der Waals surface area (Å²) in [5, 5.41) is 10.5. The second kappa shape index (κ2) is 7.12. The number of thiazole rings is 1. The van der Waals surface area contributed by atoms with E-state index in [9.17, 15) is 9.59 Å². The molecule has 28 heavy (non-hydrogen) atoms. The number of hydrogen-bond donors (Lipinski definition) is 1. The van der Waals surface area contributed by atoms with Crippen molar-refractivity contribution in [3.05, 3.63) is 52.3 Å². The molecule has 0 atom stereocenters. The Hall–Kier alpha value is -3.13. The lowest BCUT2D eigenvalue weighted by molar-refractivity contribution is -0.116. The zero-order chi connectivity index (χ0) is 19.8. The van der Waals surface area contributed by atoms with Gasteiger partial charge in [-0.15, -0.1) is 11.3 Å². The van der Waals surface area contributed by atoms with Gasteiger partial charge in [0.15, 0.2) is 16.6 Å². The molecular formula is C20H19N5O2S. The second-order valence-electron chi connectivity index (χ2n) is 6.66. The number of benzene rings is 1. The minimum absolute atomic E-state index is 0.117. The van der Waals surface area contributed by atoms with E-state index >= 15 is 0 Å². The Labute approximate surface area is 165 Å². The van der Waals surface area contributed by atoms with Crippen LogP contribution in [0, 0.1) is 13.8 Å². The highest BCUT2D eigenvalue weighted by Gasteiger charge is 2.15. The summed E-state index contributed by atoms with van der Waals surface area (Å²) in [5.41, 5.74) is 5.00. The third-order valence-corrected chi connectivity index (χ3v) is 5.49. The van der Waals surface area contributed by atoms with E-state index in [1.807, 2.05) is 42.6 Å². The van der Waals surface area contributed by atoms with Crippen LogP contribution in [0.4, 0.5) is 5.13 Å². The van der Waals surface area contributed by atoms with Crippen molar-refractivity contribution >= 4 is 44.7 Å². The number of nitrogens with zero attached hydrogens (tertiary/aromatic N) is 4. The normalized spacial score (nSPS) is 11.2. The second-order valence-corrected chi connectivity index (χ2v) is 7.51. The summed E-state index contributed by atoms with van der Waals surface area (Å²) in [6, 6.07) is 7.91. The summed E-state index contributed by atoms with van der Waals surface area (Å²) in [5.74, 6) is -0.261. The fraction of sp³-hybridized carbons (Fsp3) is 0.250. The lowest BCUT2D eigenvalue weighted by atomic mass is 10.1. The summed E-state index contributed by atoms with van der Waals surface area (Å²) in [6.45, 7) is 5.41. The van der Waals surface area contributed by atoms with E-state index in [2.05, 4.69) is 15.4 Å². The van der Waals surface area contributed by atoms with Crippen molar-refractivity contribution in [3.63, 3.8) is 0 Å². The molecule has 0 radical (unpaired) electrons. The van der Waals surface area contributed by atoms with Crippen LogP contribution >= 0.6 is 11.3 Å². The van der Waals surface area contributed by atoms with Gasteiger partial charge in [0.2, 0.25) is 5.91 Å². The molecule has 0 spiro atoms. The smallest absolute Gasteiger partial charge is 0.226 e. The first kappa shape index (κ1) is 18.2. The highest BCUT2D eigenvalue weighted by Crippen LogP contribution is 2.23. The molecule has 0 saturated carbocycles. The molecule has 8 heteroatoms. The first-order valence-electron chi connectivity index (χ1n) is 8.94. The molecule has 1 amide bonds. The maximum Gasteiger partial charge on any atom is 0.226 e. The van der Waals surface area contributed by atoms with Crippen LogP contribution in [0.3, 0.4) is 0 Å². The molecule has 0 aliphatic heterocycles. The predicted molar refractivity (Wildman–Crippen MR) is 109 cm³/mol. The first-order valence-corrected chi connectivity index (χ1v) is 9.82. The number of Topliss-reactive ketones (excluding diaryl/α,β-unsaturated/α-hetero) is 1. The molecule has 3 heterocycles. The fourth-order valence-electron chi connectivity index (χ4n) is 3.25. The van der Waals surface area contributed by atoms with Crippen molar-refractivity contribution in [2.45, 2.75) is 33.6 Å². The minimum atomic E-state index is -0.144. The van der Waals surface area contributed by atoms with E-state index < -0.39 is 0 Å². The minimum Gasteiger partial charge on any atom is -0.302 e. The summed E-state index contributed by atoms with van der Waals surface area (Å²) in [4.78, 5) is 32.5. The topological polar surface area (TPSA) is 89.2 Å². The Morgan fingerprint density at radius 3 is 2.71 bits per heavy atom. The van der Waals surface area contributed by atoms with Gasteiger partial charge in [-0.1, -0.05) is 12.1 Å². The summed E-state index contributed by atoms with van der Waals surface area (Å²) < 4.78 is 1.85. The van der Waals surface area contributed by atoms with Crippen LogP contribution in [0.1, 0.15) is 40.8 Å². The van der Waals surface area contributed by atoms with Crippen molar-refractivity contribution in [1.82, 2.24) is 19.6 Å². The van der Waals surface area contributed by atoms with Crippen LogP contribution in [0.2, 0.25) is 0 Å². The van der Waals surface area contributed by atoms with Crippen molar-refractivity contribution < 1.29 is 9.59 Å². The molecule has 0 saturated heterocycles. The largest absolute Gasteiger partial charge is 0.302 e. The molecule has 0 unspecified atom stereocenters. The number of anilines is 1. The molecule has 1 N–H and O–H groups in total. The maximum absolute atomic E-state index is 12.3. The molecule has 1 aromatic carbocycles. The quantitative estimate of drug-likeness (QED) is 0.522. The van der Waals surface area contributed by atoms with Gasteiger partial charge in [0.05, 0.1) is 5.52 Å². The third-order valence-electron chi connectivity index (χ3n) is 4.73. The van der Waals surface area contributed by atoms with E-state index in [0.29, 0.717) is 23.7 Å². The number of ketones is 1. The average molecular weight is 393 g/mol. The van der Waals surface area contributed by atoms with Crippen molar-refractivity contribution in [1.29, 1.82) is 0 Å². The van der Waals surface area contributed by atoms with Gasteiger partial charge >= 0.3 is 0 Å². The monoisotopic (exact) mass is 393 g/mol. The van der Waals surface area contributed by atoms with Gasteiger partial charge < -0.3 is 5.32 Å². The molecule has 0 aliphatic rings. The molecule has 4 aromatic rings. The number of aromatic nitrogens is 4. The third kappa shape index (κ3) is 3.27. The zero-order valence-electron chi connectivity index (χ0n) is 15.8. The highest BCUT2D eigenvalue weighted by atomic mass is 32.1. The molecule has 0 fully saturated rings. The Bertz CT molecular complexity index is 1220. The number of amides is 1. The SMILES string of the molecule is CC(=O)c1csc(NC(=O)CCc2c(C)nc3c4ccccc4nn3c2C)n1. The number of fused-ring (bicyclic) bond motifs is 3. The van der Waals surface area contributed by atoms with E-state index in [1.165, 1.54) is 18.3 Å². The Morgan fingerprint density at radius 1 is 1.18 bits per heavy atom. The van der Waals surface area contributed by atoms with Crippen LogP contribution in [-0.4, -0.2) is 31.3 Å². The Morgan fingerprint density at radius 2 is 1.96 bits per heavy atom. The van der Waals surface area contributed by atoms with Crippen LogP contribution in [0.15, 0.2) is 29.6 Å². The number of nitrogens with one attached hydrogen (secondary N) is 1. The van der Waals surface area contributed by atoms with Crippen LogP contribution in [0.5, 0.6) is 0 Å². The standard InChI is InChI=1S/C20H19N5O2S/c1-11-14(8-9-18(27)23-20-22-17(10-28-20)13(3)26)12(2)25-19(21-11)15-6-4-5-7-16(15)24-25/h4-7,10H,8-9H2,1-3H3,(H,22,23,27). The molecule has 3 aromatic heterocycles. The number of aryl methyl sites for hydroxylation is 2. The lowest BCUT2D eigenvalue weighted by Gasteiger charge is -2.11. The van der Waals surface area contributed by atoms with Crippen molar-refractivity contribution in [2.24, 2.45) is 0 Å². The van der Waals surface area contributed by atoms with Crippen LogP contribution in [-0.2, 0) is 11.2 Å². The average Bonchev–Trinajstić information content (AvgIpc) is 3.27. The van der Waals surface area contributed by atoms with Crippen molar-refractivity contribution in [2.75, 3.05) is 5.32 Å². The summed E-state index contributed by atoms with van der Waals surface area (Å²) in [6.07, 6.45) is 0.845. The van der Waals surface area contributed by atoms with E-state index in [-0.39, 0.29) is 11.7 Å². The van der Waals surface area contributed by atoms with Crippen LogP contribution < -0.4 is 5.32 Å². The summed E-state index contributed by atoms with van der Waals surface area (Å²) in [7, 11) is 0. The maximum atomic E-state index is 12.3. The van der Waals surface area contributed by atoms with Crippen molar-refractivity contribution in [3.8, 4) is 0 Å². The van der Waals surface area contributed by atoms with E-state index in [0.717, 1.165) is 33.5 Å². The fourth-order valence-corrected chi connectivity index (χ4v) is 4.02. The zero-order valence-corrected chi connectivity index (χ0v) is 16.6. The molecule has 4 rings (SSSR count). The number of carbonyl (C=O) groups is 2. The molecule has 0 aliphatic carbocycles. The van der Waals surface area contributed by atoms with Gasteiger partial charge in [-0.2, -0.15) is 5.10 Å². The van der Waals surface area contributed by atoms with Gasteiger partial charge in [0.25, 0.3) is 0 Å². The Kier molecular flexibility index (Phi) is 4.64. The highest BCUT2D eigenvalue weighted by molar-refractivity contribution is 7.14. The summed E-state index contributed by atoms with van der Waals surface area (Å²) >= 11 is 1.25. The van der Waals surface area contributed by atoms with Gasteiger partial charge in [0, 0.05) is 35.5 Å². The molecule has 142 valence electrons. The Balaban J connectivity index is 1.54.